The van der Waals surface area contributed by atoms with E-state index < -0.39 is 0 Å². The fourth-order valence-electron chi connectivity index (χ4n) is 1.93. The Hall–Kier alpha value is -1.36. The van der Waals surface area contributed by atoms with Gasteiger partial charge in [-0.05, 0) is 19.8 Å². The molecule has 0 fully saturated rings. The number of rotatable bonds is 8. The molecular formula is C14H26N4O. The third-order valence-corrected chi connectivity index (χ3v) is 2.98. The summed E-state index contributed by atoms with van der Waals surface area (Å²) in [5.74, 6) is 2.69. The SMILES string of the molecule is CCCNc1nc(CCC)nc(N(C)CCO)c1C. The number of hydrogen-bond acceptors (Lipinski definition) is 5. The lowest BCUT2D eigenvalue weighted by Crippen LogP contribution is -2.24. The van der Waals surface area contributed by atoms with E-state index in [-0.39, 0.29) is 6.61 Å². The lowest BCUT2D eigenvalue weighted by molar-refractivity contribution is 0.303. The van der Waals surface area contributed by atoms with Crippen LogP contribution in [0, 0.1) is 6.92 Å². The van der Waals surface area contributed by atoms with E-state index in [9.17, 15) is 0 Å². The maximum absolute atomic E-state index is 9.07. The van der Waals surface area contributed by atoms with E-state index in [0.717, 1.165) is 48.8 Å². The Morgan fingerprint density at radius 3 is 2.53 bits per heavy atom. The van der Waals surface area contributed by atoms with Crippen LogP contribution in [0.3, 0.4) is 0 Å². The Kier molecular flexibility index (Phi) is 6.56. The summed E-state index contributed by atoms with van der Waals surface area (Å²) >= 11 is 0. The van der Waals surface area contributed by atoms with Crippen LogP contribution in [0.5, 0.6) is 0 Å². The van der Waals surface area contributed by atoms with E-state index in [1.54, 1.807) is 0 Å². The molecular weight excluding hydrogens is 240 g/mol. The van der Waals surface area contributed by atoms with Gasteiger partial charge in [0.1, 0.15) is 17.5 Å². The van der Waals surface area contributed by atoms with Gasteiger partial charge in [0.2, 0.25) is 0 Å². The van der Waals surface area contributed by atoms with Gasteiger partial charge in [-0.3, -0.25) is 0 Å². The number of aliphatic hydroxyl groups excluding tert-OH is 1. The number of aliphatic hydroxyl groups is 1. The molecule has 5 nitrogen and oxygen atoms in total. The van der Waals surface area contributed by atoms with Gasteiger partial charge in [0.05, 0.1) is 6.61 Å². The van der Waals surface area contributed by atoms with Gasteiger partial charge < -0.3 is 15.3 Å². The Bertz CT molecular complexity index is 395. The van der Waals surface area contributed by atoms with E-state index in [1.165, 1.54) is 0 Å². The summed E-state index contributed by atoms with van der Waals surface area (Å²) in [6.07, 6.45) is 2.97. The average molecular weight is 266 g/mol. The van der Waals surface area contributed by atoms with Crippen molar-refractivity contribution in [1.29, 1.82) is 0 Å². The van der Waals surface area contributed by atoms with E-state index in [0.29, 0.717) is 6.54 Å². The van der Waals surface area contributed by atoms with Gasteiger partial charge in [-0.1, -0.05) is 13.8 Å². The van der Waals surface area contributed by atoms with Crippen molar-refractivity contribution in [2.24, 2.45) is 0 Å². The zero-order valence-electron chi connectivity index (χ0n) is 12.5. The molecule has 108 valence electrons. The lowest BCUT2D eigenvalue weighted by Gasteiger charge is -2.21. The second-order valence-corrected chi connectivity index (χ2v) is 4.76. The highest BCUT2D eigenvalue weighted by atomic mass is 16.3. The molecule has 19 heavy (non-hydrogen) atoms. The summed E-state index contributed by atoms with van der Waals surface area (Å²) in [6, 6.07) is 0. The Labute approximate surface area is 116 Å². The number of anilines is 2. The largest absolute Gasteiger partial charge is 0.395 e. The minimum atomic E-state index is 0.126. The van der Waals surface area contributed by atoms with Crippen molar-refractivity contribution >= 4 is 11.6 Å². The average Bonchev–Trinajstić information content (AvgIpc) is 2.39. The highest BCUT2D eigenvalue weighted by Crippen LogP contribution is 2.23. The number of aryl methyl sites for hydroxylation is 1. The number of aromatic nitrogens is 2. The molecule has 0 aromatic carbocycles. The van der Waals surface area contributed by atoms with Gasteiger partial charge in [-0.25, -0.2) is 9.97 Å². The van der Waals surface area contributed by atoms with Gasteiger partial charge in [0, 0.05) is 32.1 Å². The zero-order chi connectivity index (χ0) is 14.3. The Balaban J connectivity index is 3.08. The first-order valence-corrected chi connectivity index (χ1v) is 7.07. The molecule has 1 aromatic heterocycles. The van der Waals surface area contributed by atoms with Crippen molar-refractivity contribution in [3.8, 4) is 0 Å². The van der Waals surface area contributed by atoms with Crippen molar-refractivity contribution in [3.63, 3.8) is 0 Å². The minimum absolute atomic E-state index is 0.126. The molecule has 0 aliphatic heterocycles. The van der Waals surface area contributed by atoms with Crippen LogP contribution in [0.2, 0.25) is 0 Å². The van der Waals surface area contributed by atoms with Gasteiger partial charge in [-0.15, -0.1) is 0 Å². The summed E-state index contributed by atoms with van der Waals surface area (Å²) in [4.78, 5) is 11.2. The number of hydrogen-bond donors (Lipinski definition) is 2. The van der Waals surface area contributed by atoms with Crippen molar-refractivity contribution in [1.82, 2.24) is 9.97 Å². The van der Waals surface area contributed by atoms with E-state index >= 15 is 0 Å². The molecule has 5 heteroatoms. The van der Waals surface area contributed by atoms with Crippen LogP contribution < -0.4 is 10.2 Å². The second kappa shape index (κ2) is 7.94. The van der Waals surface area contributed by atoms with Crippen LogP contribution in [0.15, 0.2) is 0 Å². The van der Waals surface area contributed by atoms with Crippen molar-refractivity contribution < 1.29 is 5.11 Å². The lowest BCUT2D eigenvalue weighted by atomic mass is 10.2. The molecule has 0 unspecified atom stereocenters. The summed E-state index contributed by atoms with van der Waals surface area (Å²) in [6.45, 7) is 7.90. The first kappa shape index (κ1) is 15.7. The van der Waals surface area contributed by atoms with Crippen LogP contribution in [-0.4, -0.2) is 41.8 Å². The first-order valence-electron chi connectivity index (χ1n) is 7.07. The van der Waals surface area contributed by atoms with Crippen molar-refractivity contribution in [2.75, 3.05) is 37.0 Å². The fourth-order valence-corrected chi connectivity index (χ4v) is 1.93. The molecule has 1 aromatic rings. The third-order valence-electron chi connectivity index (χ3n) is 2.98. The summed E-state index contributed by atoms with van der Waals surface area (Å²) in [5.41, 5.74) is 1.05. The van der Waals surface area contributed by atoms with E-state index in [2.05, 4.69) is 29.1 Å². The minimum Gasteiger partial charge on any atom is -0.395 e. The summed E-state index contributed by atoms with van der Waals surface area (Å²) < 4.78 is 0. The third kappa shape index (κ3) is 4.35. The Morgan fingerprint density at radius 2 is 1.95 bits per heavy atom. The monoisotopic (exact) mass is 266 g/mol. The smallest absolute Gasteiger partial charge is 0.137 e. The first-order chi connectivity index (χ1) is 9.13. The molecule has 0 aliphatic rings. The summed E-state index contributed by atoms with van der Waals surface area (Å²) in [5, 5.41) is 12.4. The van der Waals surface area contributed by atoms with Crippen LogP contribution in [0.25, 0.3) is 0 Å². The predicted molar refractivity (Wildman–Crippen MR) is 79.9 cm³/mol. The molecule has 0 atom stereocenters. The molecule has 0 saturated heterocycles. The normalized spacial score (nSPS) is 10.6. The second-order valence-electron chi connectivity index (χ2n) is 4.76. The van der Waals surface area contributed by atoms with Gasteiger partial charge in [0.25, 0.3) is 0 Å². The highest BCUT2D eigenvalue weighted by Gasteiger charge is 2.13. The molecule has 0 spiro atoms. The maximum Gasteiger partial charge on any atom is 0.137 e. The molecule has 0 radical (unpaired) electrons. The molecule has 0 saturated carbocycles. The fraction of sp³-hybridized carbons (Fsp3) is 0.714. The van der Waals surface area contributed by atoms with Gasteiger partial charge in [0.15, 0.2) is 0 Å². The van der Waals surface area contributed by atoms with E-state index in [4.69, 9.17) is 5.11 Å². The molecule has 2 N–H and O–H groups in total. The van der Waals surface area contributed by atoms with Crippen molar-refractivity contribution in [3.05, 3.63) is 11.4 Å². The van der Waals surface area contributed by atoms with E-state index in [1.807, 2.05) is 18.9 Å². The number of likely N-dealkylation sites (N-methyl/N-ethyl adjacent to an activating group) is 1. The zero-order valence-corrected chi connectivity index (χ0v) is 12.5. The van der Waals surface area contributed by atoms with Crippen LogP contribution in [0.1, 0.15) is 38.1 Å². The number of nitrogens with one attached hydrogen (secondary N) is 1. The Morgan fingerprint density at radius 1 is 1.21 bits per heavy atom. The van der Waals surface area contributed by atoms with Crippen LogP contribution >= 0.6 is 0 Å². The standard InChI is InChI=1S/C14H26N4O/c1-5-7-12-16-13(15-8-6-2)11(3)14(17-12)18(4)9-10-19/h19H,5-10H2,1-4H3,(H,15,16,17). The van der Waals surface area contributed by atoms with Crippen LogP contribution in [-0.2, 0) is 6.42 Å². The summed E-state index contributed by atoms with van der Waals surface area (Å²) in [7, 11) is 1.95. The van der Waals surface area contributed by atoms with Crippen molar-refractivity contribution in [2.45, 2.75) is 40.0 Å². The molecule has 1 rings (SSSR count). The predicted octanol–water partition coefficient (Wildman–Crippen LogP) is 1.99. The highest BCUT2D eigenvalue weighted by molar-refractivity contribution is 5.58. The molecule has 0 amide bonds. The number of nitrogens with zero attached hydrogens (tertiary/aromatic N) is 3. The molecule has 1 heterocycles. The van der Waals surface area contributed by atoms with Gasteiger partial charge >= 0.3 is 0 Å². The quantitative estimate of drug-likeness (QED) is 0.753. The maximum atomic E-state index is 9.07. The topological polar surface area (TPSA) is 61.3 Å². The van der Waals surface area contributed by atoms with Crippen LogP contribution in [0.4, 0.5) is 11.6 Å². The van der Waals surface area contributed by atoms with Gasteiger partial charge in [-0.2, -0.15) is 0 Å². The molecule has 0 bridgehead atoms. The molecule has 0 aliphatic carbocycles.